The van der Waals surface area contributed by atoms with Crippen molar-refractivity contribution in [3.8, 4) is 6.07 Å². The van der Waals surface area contributed by atoms with E-state index in [1.165, 1.54) is 12.8 Å². The van der Waals surface area contributed by atoms with Gasteiger partial charge in [0.15, 0.2) is 5.76 Å². The highest BCUT2D eigenvalue weighted by Gasteiger charge is 2.27. The smallest absolute Gasteiger partial charge is 0.226 e. The Kier molecular flexibility index (Phi) is 4.42. The molecule has 118 valence electrons. The molecule has 0 bridgehead atoms. The van der Waals surface area contributed by atoms with Crippen molar-refractivity contribution in [2.75, 3.05) is 0 Å². The van der Waals surface area contributed by atoms with Gasteiger partial charge in [0.2, 0.25) is 5.91 Å². The number of hydrogen-bond acceptors (Lipinski definition) is 4. The van der Waals surface area contributed by atoms with Crippen molar-refractivity contribution in [1.82, 2.24) is 10.5 Å². The summed E-state index contributed by atoms with van der Waals surface area (Å²) in [6, 6.07) is 12.1. The summed E-state index contributed by atoms with van der Waals surface area (Å²) in [5.74, 6) is 1.02. The van der Waals surface area contributed by atoms with Crippen molar-refractivity contribution in [3.63, 3.8) is 0 Å². The van der Waals surface area contributed by atoms with Crippen molar-refractivity contribution in [1.29, 1.82) is 5.26 Å². The van der Waals surface area contributed by atoms with Gasteiger partial charge in [-0.3, -0.25) is 4.79 Å². The number of amides is 1. The summed E-state index contributed by atoms with van der Waals surface area (Å²) in [5.41, 5.74) is 1.88. The molecule has 1 N–H and O–H groups in total. The molecule has 1 amide bonds. The summed E-state index contributed by atoms with van der Waals surface area (Å²) < 4.78 is 5.00. The normalized spacial score (nSPS) is 15.0. The van der Waals surface area contributed by atoms with Crippen molar-refractivity contribution in [2.45, 2.75) is 38.6 Å². The summed E-state index contributed by atoms with van der Waals surface area (Å²) in [6.45, 7) is 1.67. The van der Waals surface area contributed by atoms with Crippen LogP contribution in [0.25, 0.3) is 0 Å². The molecule has 5 nitrogen and oxygen atoms in total. The van der Waals surface area contributed by atoms with Gasteiger partial charge in [-0.25, -0.2) is 0 Å². The molecule has 1 heterocycles. The Bertz CT molecular complexity index is 726. The predicted octanol–water partition coefficient (Wildman–Crippen LogP) is 3.05. The largest absolute Gasteiger partial charge is 0.360 e. The van der Waals surface area contributed by atoms with Gasteiger partial charge in [0.1, 0.15) is 17.3 Å². The van der Waals surface area contributed by atoms with Crippen LogP contribution in [0, 0.1) is 24.2 Å². The number of nitrogens with zero attached hydrogens (tertiary/aromatic N) is 2. The van der Waals surface area contributed by atoms with Crippen LogP contribution in [0.15, 0.2) is 34.9 Å². The first-order chi connectivity index (χ1) is 11.2. The van der Waals surface area contributed by atoms with E-state index in [0.29, 0.717) is 22.9 Å². The molecule has 1 saturated carbocycles. The van der Waals surface area contributed by atoms with Crippen LogP contribution in [0.4, 0.5) is 0 Å². The Morgan fingerprint density at radius 3 is 2.83 bits per heavy atom. The number of carbonyl (C=O) groups excluding carboxylic acids is 1. The molecule has 0 spiro atoms. The fourth-order valence-electron chi connectivity index (χ4n) is 2.73. The Labute approximate surface area is 135 Å². The zero-order chi connectivity index (χ0) is 16.2. The van der Waals surface area contributed by atoms with Gasteiger partial charge in [0.05, 0.1) is 12.5 Å². The van der Waals surface area contributed by atoms with E-state index in [0.717, 1.165) is 12.0 Å². The van der Waals surface area contributed by atoms with E-state index in [2.05, 4.69) is 10.5 Å². The van der Waals surface area contributed by atoms with Crippen molar-refractivity contribution >= 4 is 5.91 Å². The molecule has 1 unspecified atom stereocenters. The molecule has 1 aliphatic carbocycles. The van der Waals surface area contributed by atoms with Gasteiger partial charge < -0.3 is 9.84 Å². The van der Waals surface area contributed by atoms with Gasteiger partial charge in [-0.2, -0.15) is 5.26 Å². The van der Waals surface area contributed by atoms with Gasteiger partial charge in [0.25, 0.3) is 0 Å². The number of aromatic nitrogens is 1. The predicted molar refractivity (Wildman–Crippen MR) is 84.3 cm³/mol. The van der Waals surface area contributed by atoms with E-state index >= 15 is 0 Å². The molecule has 1 fully saturated rings. The molecule has 1 atom stereocenters. The molecule has 5 heteroatoms. The molecule has 0 aliphatic heterocycles. The van der Waals surface area contributed by atoms with Crippen LogP contribution in [-0.4, -0.2) is 11.1 Å². The zero-order valence-electron chi connectivity index (χ0n) is 13.1. The Morgan fingerprint density at radius 1 is 1.43 bits per heavy atom. The molecule has 0 radical (unpaired) electrons. The molecular weight excluding hydrogens is 290 g/mol. The fraction of sp³-hybridized carbons (Fsp3) is 0.389. The number of rotatable bonds is 6. The standard InChI is InChI=1S/C18H19N3O2/c1-12-15(11-19)17(21-23-12)10-18(22)20-16(9-13-7-8-13)14-5-3-2-4-6-14/h2-6,13,16H,7-10H2,1H3,(H,20,22). The third-order valence-electron chi connectivity index (χ3n) is 4.18. The van der Waals surface area contributed by atoms with E-state index in [4.69, 9.17) is 9.78 Å². The second-order valence-corrected chi connectivity index (χ2v) is 6.06. The maximum atomic E-state index is 12.4. The average Bonchev–Trinajstić information content (AvgIpc) is 3.30. The van der Waals surface area contributed by atoms with Crippen LogP contribution < -0.4 is 5.32 Å². The quantitative estimate of drug-likeness (QED) is 0.889. The number of nitrogens with one attached hydrogen (secondary N) is 1. The lowest BCUT2D eigenvalue weighted by Gasteiger charge is -2.19. The summed E-state index contributed by atoms with van der Waals surface area (Å²) in [5, 5.41) is 16.0. The highest BCUT2D eigenvalue weighted by molar-refractivity contribution is 5.79. The lowest BCUT2D eigenvalue weighted by Crippen LogP contribution is -2.30. The molecule has 2 aromatic rings. The number of nitriles is 1. The minimum absolute atomic E-state index is 0.00901. The topological polar surface area (TPSA) is 78.9 Å². The molecule has 23 heavy (non-hydrogen) atoms. The van der Waals surface area contributed by atoms with Crippen LogP contribution in [0.1, 0.15) is 47.9 Å². The Hall–Kier alpha value is -2.61. The number of aryl methyl sites for hydroxylation is 1. The van der Waals surface area contributed by atoms with Gasteiger partial charge in [-0.1, -0.05) is 48.3 Å². The Morgan fingerprint density at radius 2 is 2.17 bits per heavy atom. The summed E-state index contributed by atoms with van der Waals surface area (Å²) in [6.07, 6.45) is 3.49. The van der Waals surface area contributed by atoms with Crippen molar-refractivity contribution < 1.29 is 9.32 Å². The second kappa shape index (κ2) is 6.66. The van der Waals surface area contributed by atoms with E-state index in [9.17, 15) is 4.79 Å². The number of carbonyl (C=O) groups is 1. The van der Waals surface area contributed by atoms with Gasteiger partial charge in [-0.05, 0) is 24.8 Å². The molecular formula is C18H19N3O2. The summed E-state index contributed by atoms with van der Waals surface area (Å²) in [4.78, 5) is 12.4. The highest BCUT2D eigenvalue weighted by Crippen LogP contribution is 2.37. The first-order valence-electron chi connectivity index (χ1n) is 7.87. The maximum absolute atomic E-state index is 12.4. The van der Waals surface area contributed by atoms with Gasteiger partial charge in [0, 0.05) is 0 Å². The summed E-state index contributed by atoms with van der Waals surface area (Å²) in [7, 11) is 0. The van der Waals surface area contributed by atoms with Crippen LogP contribution in [0.3, 0.4) is 0 Å². The van der Waals surface area contributed by atoms with Crippen LogP contribution in [0.5, 0.6) is 0 Å². The second-order valence-electron chi connectivity index (χ2n) is 6.06. The van der Waals surface area contributed by atoms with E-state index in [-0.39, 0.29) is 18.4 Å². The maximum Gasteiger partial charge on any atom is 0.226 e. The minimum atomic E-state index is -0.135. The van der Waals surface area contributed by atoms with E-state index in [1.54, 1.807) is 6.92 Å². The van der Waals surface area contributed by atoms with Crippen molar-refractivity contribution in [2.24, 2.45) is 5.92 Å². The molecule has 0 saturated heterocycles. The molecule has 1 aromatic heterocycles. The van der Waals surface area contributed by atoms with Crippen molar-refractivity contribution in [3.05, 3.63) is 52.9 Å². The molecule has 3 rings (SSSR count). The minimum Gasteiger partial charge on any atom is -0.360 e. The van der Waals surface area contributed by atoms with Gasteiger partial charge in [-0.15, -0.1) is 0 Å². The van der Waals surface area contributed by atoms with E-state index in [1.807, 2.05) is 36.4 Å². The third kappa shape index (κ3) is 3.78. The average molecular weight is 309 g/mol. The van der Waals surface area contributed by atoms with Crippen LogP contribution in [-0.2, 0) is 11.2 Å². The third-order valence-corrected chi connectivity index (χ3v) is 4.18. The Balaban J connectivity index is 1.69. The molecule has 1 aromatic carbocycles. The lowest BCUT2D eigenvalue weighted by molar-refractivity contribution is -0.121. The first kappa shape index (κ1) is 15.3. The monoisotopic (exact) mass is 309 g/mol. The number of benzene rings is 1. The lowest BCUT2D eigenvalue weighted by atomic mass is 10.0. The van der Waals surface area contributed by atoms with Gasteiger partial charge >= 0.3 is 0 Å². The fourth-order valence-corrected chi connectivity index (χ4v) is 2.73. The summed E-state index contributed by atoms with van der Waals surface area (Å²) >= 11 is 0. The number of hydrogen-bond donors (Lipinski definition) is 1. The van der Waals surface area contributed by atoms with Crippen LogP contribution in [0.2, 0.25) is 0 Å². The highest BCUT2D eigenvalue weighted by atomic mass is 16.5. The SMILES string of the molecule is Cc1onc(CC(=O)NC(CC2CC2)c2ccccc2)c1C#N. The molecule has 1 aliphatic rings. The van der Waals surface area contributed by atoms with Crippen LogP contribution >= 0.6 is 0 Å². The van der Waals surface area contributed by atoms with E-state index < -0.39 is 0 Å². The first-order valence-corrected chi connectivity index (χ1v) is 7.87. The zero-order valence-corrected chi connectivity index (χ0v) is 13.1.